The van der Waals surface area contributed by atoms with Gasteiger partial charge in [0.1, 0.15) is 6.10 Å². The molecule has 7 heteroatoms. The van der Waals surface area contributed by atoms with E-state index in [1.54, 1.807) is 4.52 Å². The molecule has 29 heavy (non-hydrogen) atoms. The van der Waals surface area contributed by atoms with Crippen molar-refractivity contribution in [3.63, 3.8) is 0 Å². The maximum absolute atomic E-state index is 6.15. The average molecular weight is 395 g/mol. The fraction of sp³-hybridized carbons (Fsp3) is 0.500. The molecule has 3 aromatic rings. The number of aryl methyl sites for hydroxylation is 1. The number of hydrogen-bond acceptors (Lipinski definition) is 6. The van der Waals surface area contributed by atoms with Crippen LogP contribution in [0.5, 0.6) is 6.01 Å². The molecule has 0 spiro atoms. The maximum Gasteiger partial charge on any atom is 0.322 e. The van der Waals surface area contributed by atoms with Gasteiger partial charge in [0, 0.05) is 12.1 Å². The number of benzene rings is 1. The summed E-state index contributed by atoms with van der Waals surface area (Å²) in [5.74, 6) is 0.961. The van der Waals surface area contributed by atoms with E-state index in [0.717, 1.165) is 37.1 Å². The molecule has 1 aromatic carbocycles. The van der Waals surface area contributed by atoms with Crippen molar-refractivity contribution in [1.29, 1.82) is 0 Å². The third-order valence-electron chi connectivity index (χ3n) is 5.44. The maximum atomic E-state index is 6.15. The van der Waals surface area contributed by atoms with Crippen LogP contribution in [0.1, 0.15) is 62.3 Å². The third-order valence-corrected chi connectivity index (χ3v) is 5.44. The van der Waals surface area contributed by atoms with Crippen LogP contribution in [-0.2, 0) is 0 Å². The standard InChI is InChI=1S/C22H30N6O/c1-14(2)19-13-24-28-20(19)26-22(29-18-6-5-11-23-12-18)27-21(28)25-16(4)17-9-7-15(3)8-10-17/h7-10,13-14,16,18,23H,5-6,11-12H2,1-4H3,(H,25,26,27)/t16-,18+/m0/s1. The molecular weight excluding hydrogens is 364 g/mol. The number of rotatable bonds is 6. The Morgan fingerprint density at radius 1 is 1.17 bits per heavy atom. The van der Waals surface area contributed by atoms with Gasteiger partial charge >= 0.3 is 6.01 Å². The highest BCUT2D eigenvalue weighted by atomic mass is 16.5. The SMILES string of the molecule is Cc1ccc([C@H](C)Nc2nc(O[C@@H]3CCCNC3)nc3c(C(C)C)cnn23)cc1. The largest absolute Gasteiger partial charge is 0.459 e. The van der Waals surface area contributed by atoms with Gasteiger partial charge in [0.15, 0.2) is 5.65 Å². The number of ether oxygens (including phenoxy) is 1. The van der Waals surface area contributed by atoms with Crippen molar-refractivity contribution in [2.24, 2.45) is 0 Å². The second kappa shape index (κ2) is 8.37. The number of nitrogens with zero attached hydrogens (tertiary/aromatic N) is 4. The highest BCUT2D eigenvalue weighted by Gasteiger charge is 2.20. The van der Waals surface area contributed by atoms with E-state index in [4.69, 9.17) is 9.72 Å². The normalized spacial score (nSPS) is 18.2. The molecule has 1 aliphatic rings. The highest BCUT2D eigenvalue weighted by molar-refractivity contribution is 5.53. The Morgan fingerprint density at radius 3 is 2.66 bits per heavy atom. The summed E-state index contributed by atoms with van der Waals surface area (Å²) in [7, 11) is 0. The Labute approximate surface area is 171 Å². The van der Waals surface area contributed by atoms with Gasteiger partial charge in [0.25, 0.3) is 0 Å². The minimum atomic E-state index is 0.0737. The Bertz CT molecular complexity index is 959. The van der Waals surface area contributed by atoms with Gasteiger partial charge in [0.05, 0.1) is 12.2 Å². The first-order chi connectivity index (χ1) is 14.0. The minimum Gasteiger partial charge on any atom is -0.459 e. The quantitative estimate of drug-likeness (QED) is 0.661. The van der Waals surface area contributed by atoms with Crippen LogP contribution in [0.4, 0.5) is 5.95 Å². The average Bonchev–Trinajstić information content (AvgIpc) is 3.14. The van der Waals surface area contributed by atoms with E-state index in [0.29, 0.717) is 17.9 Å². The lowest BCUT2D eigenvalue weighted by Gasteiger charge is -2.23. The van der Waals surface area contributed by atoms with E-state index in [-0.39, 0.29) is 12.1 Å². The molecule has 2 N–H and O–H groups in total. The summed E-state index contributed by atoms with van der Waals surface area (Å²) in [4.78, 5) is 9.38. The van der Waals surface area contributed by atoms with E-state index < -0.39 is 0 Å². The van der Waals surface area contributed by atoms with Gasteiger partial charge in [-0.05, 0) is 44.7 Å². The lowest BCUT2D eigenvalue weighted by Crippen LogP contribution is -2.37. The molecular formula is C22H30N6O. The molecule has 4 rings (SSSR count). The molecule has 7 nitrogen and oxygen atoms in total. The van der Waals surface area contributed by atoms with Crippen molar-refractivity contribution in [3.05, 3.63) is 47.2 Å². The lowest BCUT2D eigenvalue weighted by atomic mass is 10.1. The summed E-state index contributed by atoms with van der Waals surface area (Å²) < 4.78 is 7.93. The smallest absolute Gasteiger partial charge is 0.322 e. The van der Waals surface area contributed by atoms with Crippen LogP contribution < -0.4 is 15.4 Å². The molecule has 0 amide bonds. The molecule has 1 aliphatic heterocycles. The van der Waals surface area contributed by atoms with Gasteiger partial charge in [-0.25, -0.2) is 0 Å². The monoisotopic (exact) mass is 394 g/mol. The first-order valence-corrected chi connectivity index (χ1v) is 10.5. The lowest BCUT2D eigenvalue weighted by molar-refractivity contribution is 0.153. The van der Waals surface area contributed by atoms with Crippen LogP contribution in [0.25, 0.3) is 5.65 Å². The number of fused-ring (bicyclic) bond motifs is 1. The number of nitrogens with one attached hydrogen (secondary N) is 2. The Kier molecular flexibility index (Phi) is 5.67. The molecule has 1 saturated heterocycles. The number of hydrogen-bond donors (Lipinski definition) is 2. The summed E-state index contributed by atoms with van der Waals surface area (Å²) in [6, 6.07) is 9.01. The zero-order valence-corrected chi connectivity index (χ0v) is 17.6. The number of piperidine rings is 1. The van der Waals surface area contributed by atoms with Crippen LogP contribution >= 0.6 is 0 Å². The van der Waals surface area contributed by atoms with E-state index in [1.807, 2.05) is 6.20 Å². The van der Waals surface area contributed by atoms with Gasteiger partial charge in [-0.3, -0.25) is 0 Å². The molecule has 154 valence electrons. The van der Waals surface area contributed by atoms with Crippen molar-refractivity contribution in [2.75, 3.05) is 18.4 Å². The van der Waals surface area contributed by atoms with Gasteiger partial charge < -0.3 is 15.4 Å². The van der Waals surface area contributed by atoms with Gasteiger partial charge in [-0.2, -0.15) is 19.6 Å². The van der Waals surface area contributed by atoms with Crippen molar-refractivity contribution in [1.82, 2.24) is 24.9 Å². The van der Waals surface area contributed by atoms with Gasteiger partial charge in [-0.15, -0.1) is 0 Å². The molecule has 0 unspecified atom stereocenters. The number of aromatic nitrogens is 4. The predicted molar refractivity (Wildman–Crippen MR) is 115 cm³/mol. The van der Waals surface area contributed by atoms with Crippen molar-refractivity contribution < 1.29 is 4.74 Å². The highest BCUT2D eigenvalue weighted by Crippen LogP contribution is 2.26. The van der Waals surface area contributed by atoms with Crippen LogP contribution in [-0.4, -0.2) is 38.8 Å². The van der Waals surface area contributed by atoms with E-state index in [1.165, 1.54) is 11.1 Å². The van der Waals surface area contributed by atoms with E-state index in [2.05, 4.69) is 72.7 Å². The molecule has 1 fully saturated rings. The first kappa shape index (κ1) is 19.6. The summed E-state index contributed by atoms with van der Waals surface area (Å²) in [5.41, 5.74) is 4.32. The van der Waals surface area contributed by atoms with E-state index in [9.17, 15) is 0 Å². The van der Waals surface area contributed by atoms with Crippen molar-refractivity contribution >= 4 is 11.6 Å². The zero-order valence-electron chi connectivity index (χ0n) is 17.6. The van der Waals surface area contributed by atoms with Crippen LogP contribution in [0.15, 0.2) is 30.5 Å². The topological polar surface area (TPSA) is 76.4 Å². The van der Waals surface area contributed by atoms with Crippen LogP contribution in [0.3, 0.4) is 0 Å². The fourth-order valence-corrected chi connectivity index (χ4v) is 3.63. The molecule has 2 atom stereocenters. The summed E-state index contributed by atoms with van der Waals surface area (Å²) in [6.07, 6.45) is 4.09. The van der Waals surface area contributed by atoms with Crippen LogP contribution in [0, 0.1) is 6.92 Å². The van der Waals surface area contributed by atoms with Crippen molar-refractivity contribution in [2.45, 2.75) is 58.6 Å². The Balaban J connectivity index is 1.67. The summed E-state index contributed by atoms with van der Waals surface area (Å²) >= 11 is 0. The van der Waals surface area contributed by atoms with Crippen LogP contribution in [0.2, 0.25) is 0 Å². The second-order valence-electron chi connectivity index (χ2n) is 8.18. The third kappa shape index (κ3) is 4.34. The van der Waals surface area contributed by atoms with E-state index >= 15 is 0 Å². The zero-order chi connectivity index (χ0) is 20.4. The Hall–Kier alpha value is -2.67. The van der Waals surface area contributed by atoms with Crippen molar-refractivity contribution in [3.8, 4) is 6.01 Å². The Morgan fingerprint density at radius 2 is 1.97 bits per heavy atom. The molecule has 0 saturated carbocycles. The molecule has 0 bridgehead atoms. The van der Waals surface area contributed by atoms with Gasteiger partial charge in [-0.1, -0.05) is 43.7 Å². The molecule has 0 aliphatic carbocycles. The first-order valence-electron chi connectivity index (χ1n) is 10.5. The molecule has 2 aromatic heterocycles. The fourth-order valence-electron chi connectivity index (χ4n) is 3.63. The van der Waals surface area contributed by atoms with Gasteiger partial charge in [0.2, 0.25) is 5.95 Å². The summed E-state index contributed by atoms with van der Waals surface area (Å²) in [5, 5.41) is 11.4. The predicted octanol–water partition coefficient (Wildman–Crippen LogP) is 3.86. The molecule has 0 radical (unpaired) electrons. The summed E-state index contributed by atoms with van der Waals surface area (Å²) in [6.45, 7) is 10.4. The number of anilines is 1. The molecule has 3 heterocycles. The second-order valence-corrected chi connectivity index (χ2v) is 8.18. The minimum absolute atomic E-state index is 0.0737.